The lowest BCUT2D eigenvalue weighted by molar-refractivity contribution is 0.209. The van der Waals surface area contributed by atoms with Crippen LogP contribution in [0.2, 0.25) is 0 Å². The van der Waals surface area contributed by atoms with Crippen molar-refractivity contribution >= 4 is 5.96 Å². The summed E-state index contributed by atoms with van der Waals surface area (Å²) in [5.41, 5.74) is 1.21. The van der Waals surface area contributed by atoms with Crippen LogP contribution in [0.25, 0.3) is 0 Å². The molecule has 1 aliphatic heterocycles. The van der Waals surface area contributed by atoms with E-state index < -0.39 is 0 Å². The topological polar surface area (TPSA) is 48.9 Å². The highest BCUT2D eigenvalue weighted by atomic mass is 16.5. The number of ether oxygens (including phenoxy) is 1. The van der Waals surface area contributed by atoms with E-state index in [0.29, 0.717) is 5.92 Å². The molecule has 0 radical (unpaired) electrons. The summed E-state index contributed by atoms with van der Waals surface area (Å²) in [5, 5.41) is 6.80. The highest BCUT2D eigenvalue weighted by Gasteiger charge is 2.17. The summed E-state index contributed by atoms with van der Waals surface area (Å²) in [4.78, 5) is 6.72. The molecule has 2 unspecified atom stereocenters. The molecule has 0 spiro atoms. The van der Waals surface area contributed by atoms with E-state index >= 15 is 0 Å². The van der Waals surface area contributed by atoms with Gasteiger partial charge in [0.05, 0.1) is 6.54 Å². The van der Waals surface area contributed by atoms with Crippen LogP contribution in [0, 0.1) is 12.8 Å². The van der Waals surface area contributed by atoms with Gasteiger partial charge in [0, 0.05) is 20.1 Å². The van der Waals surface area contributed by atoms with E-state index in [1.807, 2.05) is 19.2 Å². The van der Waals surface area contributed by atoms with Crippen molar-refractivity contribution in [2.75, 3.05) is 40.3 Å². The second-order valence-electron chi connectivity index (χ2n) is 6.85. The second kappa shape index (κ2) is 9.52. The van der Waals surface area contributed by atoms with E-state index in [1.165, 1.54) is 24.9 Å². The number of aliphatic imine (C=N–C) groups is 1. The van der Waals surface area contributed by atoms with E-state index in [1.54, 1.807) is 0 Å². The number of rotatable bonds is 6. The van der Waals surface area contributed by atoms with Crippen LogP contribution in [0.4, 0.5) is 0 Å². The smallest absolute Gasteiger partial charge is 0.191 e. The van der Waals surface area contributed by atoms with Crippen LogP contribution in [0.15, 0.2) is 29.3 Å². The summed E-state index contributed by atoms with van der Waals surface area (Å²) in [7, 11) is 4.01. The fourth-order valence-electron chi connectivity index (χ4n) is 3.10. The minimum absolute atomic E-state index is 0.0752. The van der Waals surface area contributed by atoms with Gasteiger partial charge in [-0.25, -0.2) is 0 Å². The molecule has 2 atom stereocenters. The van der Waals surface area contributed by atoms with Crippen molar-refractivity contribution in [1.29, 1.82) is 0 Å². The van der Waals surface area contributed by atoms with Gasteiger partial charge < -0.3 is 20.3 Å². The Morgan fingerprint density at radius 1 is 1.42 bits per heavy atom. The third-order valence-electron chi connectivity index (χ3n) is 4.39. The van der Waals surface area contributed by atoms with Crippen molar-refractivity contribution in [1.82, 2.24) is 15.5 Å². The third-order valence-corrected chi connectivity index (χ3v) is 4.39. The fourth-order valence-corrected chi connectivity index (χ4v) is 3.10. The Morgan fingerprint density at radius 3 is 2.96 bits per heavy atom. The maximum absolute atomic E-state index is 5.95. The molecule has 134 valence electrons. The number of likely N-dealkylation sites (tertiary alicyclic amines) is 1. The molecule has 1 aliphatic rings. The van der Waals surface area contributed by atoms with Crippen LogP contribution in [0.1, 0.15) is 25.3 Å². The van der Waals surface area contributed by atoms with E-state index in [4.69, 9.17) is 4.74 Å². The molecule has 2 N–H and O–H groups in total. The molecule has 0 saturated carbocycles. The Hall–Kier alpha value is -1.75. The highest BCUT2D eigenvalue weighted by Crippen LogP contribution is 2.14. The molecule has 1 fully saturated rings. The van der Waals surface area contributed by atoms with Gasteiger partial charge in [0.25, 0.3) is 0 Å². The van der Waals surface area contributed by atoms with Crippen LogP contribution >= 0.6 is 0 Å². The number of hydrogen-bond donors (Lipinski definition) is 2. The Balaban J connectivity index is 1.70. The number of guanidine groups is 1. The van der Waals surface area contributed by atoms with Crippen molar-refractivity contribution < 1.29 is 4.74 Å². The minimum atomic E-state index is 0.0752. The van der Waals surface area contributed by atoms with Crippen molar-refractivity contribution in [3.05, 3.63) is 29.8 Å². The van der Waals surface area contributed by atoms with Crippen molar-refractivity contribution in [2.45, 2.75) is 32.8 Å². The van der Waals surface area contributed by atoms with Gasteiger partial charge in [-0.2, -0.15) is 0 Å². The molecular weight excluding hydrogens is 300 g/mol. The van der Waals surface area contributed by atoms with E-state index in [2.05, 4.69) is 53.6 Å². The standard InChI is InChI=1S/C19H32N4O/c1-15-7-5-9-18(11-15)24-16(2)12-21-19(20-3)22-13-17-8-6-10-23(4)14-17/h5,7,9,11,16-17H,6,8,10,12-14H2,1-4H3,(H2,20,21,22). The number of hydrogen-bond acceptors (Lipinski definition) is 3. The molecule has 1 heterocycles. The SMILES string of the molecule is CN=C(NCC1CCCN(C)C1)NCC(C)Oc1cccc(C)c1. The van der Waals surface area contributed by atoms with E-state index in [0.717, 1.165) is 31.3 Å². The average Bonchev–Trinajstić information content (AvgIpc) is 2.55. The molecule has 0 bridgehead atoms. The Kier molecular flexibility index (Phi) is 7.37. The van der Waals surface area contributed by atoms with Crippen molar-refractivity contribution in [3.8, 4) is 5.75 Å². The molecule has 24 heavy (non-hydrogen) atoms. The number of nitrogens with zero attached hydrogens (tertiary/aromatic N) is 2. The Bertz CT molecular complexity index is 532. The third kappa shape index (κ3) is 6.40. The summed E-state index contributed by atoms with van der Waals surface area (Å²) >= 11 is 0. The molecule has 1 aromatic carbocycles. The first-order valence-corrected chi connectivity index (χ1v) is 8.93. The average molecular weight is 332 g/mol. The first-order chi connectivity index (χ1) is 11.6. The van der Waals surface area contributed by atoms with Crippen molar-refractivity contribution in [3.63, 3.8) is 0 Å². The summed E-state index contributed by atoms with van der Waals surface area (Å²) < 4.78 is 5.95. The number of nitrogens with one attached hydrogen (secondary N) is 2. The highest BCUT2D eigenvalue weighted by molar-refractivity contribution is 5.79. The normalized spacial score (nSPS) is 20.5. The maximum atomic E-state index is 5.95. The molecule has 5 heteroatoms. The molecule has 0 amide bonds. The van der Waals surface area contributed by atoms with E-state index in [9.17, 15) is 0 Å². The maximum Gasteiger partial charge on any atom is 0.191 e. The van der Waals surface area contributed by atoms with Crippen LogP contribution in [0.5, 0.6) is 5.75 Å². The zero-order valence-corrected chi connectivity index (χ0v) is 15.5. The van der Waals surface area contributed by atoms with Gasteiger partial charge in [0.1, 0.15) is 11.9 Å². The van der Waals surface area contributed by atoms with Crippen LogP contribution < -0.4 is 15.4 Å². The van der Waals surface area contributed by atoms with Gasteiger partial charge in [0.2, 0.25) is 0 Å². The molecule has 0 aliphatic carbocycles. The van der Waals surface area contributed by atoms with Gasteiger partial charge in [-0.1, -0.05) is 12.1 Å². The summed E-state index contributed by atoms with van der Waals surface area (Å²) in [6.45, 7) is 8.21. The number of benzene rings is 1. The molecule has 1 saturated heterocycles. The van der Waals surface area contributed by atoms with Gasteiger partial charge in [-0.3, -0.25) is 4.99 Å². The van der Waals surface area contributed by atoms with Crippen LogP contribution in [0.3, 0.4) is 0 Å². The fraction of sp³-hybridized carbons (Fsp3) is 0.632. The lowest BCUT2D eigenvalue weighted by atomic mass is 9.99. The first-order valence-electron chi connectivity index (χ1n) is 8.93. The zero-order valence-electron chi connectivity index (χ0n) is 15.5. The summed E-state index contributed by atoms with van der Waals surface area (Å²) in [6, 6.07) is 8.15. The zero-order chi connectivity index (χ0) is 17.4. The minimum Gasteiger partial charge on any atom is -0.489 e. The number of aryl methyl sites for hydroxylation is 1. The molecule has 5 nitrogen and oxygen atoms in total. The van der Waals surface area contributed by atoms with Gasteiger partial charge in [0.15, 0.2) is 5.96 Å². The van der Waals surface area contributed by atoms with Crippen LogP contribution in [-0.4, -0.2) is 57.2 Å². The van der Waals surface area contributed by atoms with Crippen LogP contribution in [-0.2, 0) is 0 Å². The lowest BCUT2D eigenvalue weighted by Gasteiger charge is -2.30. The molecule has 0 aromatic heterocycles. The lowest BCUT2D eigenvalue weighted by Crippen LogP contribution is -2.45. The largest absolute Gasteiger partial charge is 0.489 e. The summed E-state index contributed by atoms with van der Waals surface area (Å²) in [5.74, 6) is 2.46. The number of piperidine rings is 1. The van der Waals surface area contributed by atoms with Gasteiger partial charge in [-0.15, -0.1) is 0 Å². The quantitative estimate of drug-likeness (QED) is 0.620. The van der Waals surface area contributed by atoms with Gasteiger partial charge >= 0.3 is 0 Å². The molecule has 2 rings (SSSR count). The Morgan fingerprint density at radius 2 is 2.25 bits per heavy atom. The van der Waals surface area contributed by atoms with Gasteiger partial charge in [-0.05, 0) is 63.9 Å². The predicted molar refractivity (Wildman–Crippen MR) is 101 cm³/mol. The molecule has 1 aromatic rings. The Labute approximate surface area is 146 Å². The second-order valence-corrected chi connectivity index (χ2v) is 6.85. The van der Waals surface area contributed by atoms with E-state index in [-0.39, 0.29) is 6.10 Å². The predicted octanol–water partition coefficient (Wildman–Crippen LogP) is 2.27. The molecular formula is C19H32N4O. The first kappa shape index (κ1) is 18.6. The summed E-state index contributed by atoms with van der Waals surface area (Å²) in [6.07, 6.45) is 2.66. The monoisotopic (exact) mass is 332 g/mol. The van der Waals surface area contributed by atoms with Crippen molar-refractivity contribution in [2.24, 2.45) is 10.9 Å².